The molecule has 1 aromatic rings. The summed E-state index contributed by atoms with van der Waals surface area (Å²) in [5.74, 6) is 1.35. The van der Waals surface area contributed by atoms with Gasteiger partial charge in [-0.25, -0.2) is 4.79 Å². The summed E-state index contributed by atoms with van der Waals surface area (Å²) in [4.78, 5) is 14.0. The third kappa shape index (κ3) is 4.26. The number of rotatable bonds is 5. The molecule has 1 fully saturated rings. The van der Waals surface area contributed by atoms with Crippen LogP contribution in [-0.2, 0) is 4.74 Å². The number of amides is 2. The number of anilines is 1. The third-order valence-corrected chi connectivity index (χ3v) is 3.10. The van der Waals surface area contributed by atoms with Gasteiger partial charge < -0.3 is 24.4 Å². The van der Waals surface area contributed by atoms with Crippen LogP contribution in [0.15, 0.2) is 18.2 Å². The highest BCUT2D eigenvalue weighted by Crippen LogP contribution is 2.29. The first-order valence-corrected chi connectivity index (χ1v) is 7.28. The van der Waals surface area contributed by atoms with Crippen molar-refractivity contribution in [3.8, 4) is 11.5 Å². The van der Waals surface area contributed by atoms with Gasteiger partial charge in [0.05, 0.1) is 32.1 Å². The molecule has 21 heavy (non-hydrogen) atoms. The molecular formula is C15H22N2O4. The predicted octanol–water partition coefficient (Wildman–Crippen LogP) is 2.35. The Bertz CT molecular complexity index is 473. The van der Waals surface area contributed by atoms with Crippen molar-refractivity contribution in [1.29, 1.82) is 0 Å². The minimum Gasteiger partial charge on any atom is -0.494 e. The number of carbonyl (C=O) groups is 1. The normalized spacial score (nSPS) is 14.7. The Morgan fingerprint density at radius 3 is 2.62 bits per heavy atom. The Labute approximate surface area is 125 Å². The van der Waals surface area contributed by atoms with Gasteiger partial charge in [0, 0.05) is 19.2 Å². The van der Waals surface area contributed by atoms with Crippen LogP contribution in [0.3, 0.4) is 0 Å². The van der Waals surface area contributed by atoms with E-state index < -0.39 is 0 Å². The van der Waals surface area contributed by atoms with E-state index in [1.54, 1.807) is 11.0 Å². The highest BCUT2D eigenvalue weighted by Gasteiger charge is 2.18. The van der Waals surface area contributed by atoms with E-state index >= 15 is 0 Å². The minimum atomic E-state index is -0.145. The van der Waals surface area contributed by atoms with Gasteiger partial charge in [0.15, 0.2) is 0 Å². The number of carbonyl (C=O) groups excluding carboxylic acids is 1. The fourth-order valence-corrected chi connectivity index (χ4v) is 2.11. The number of morpholine rings is 1. The molecule has 0 spiro atoms. The van der Waals surface area contributed by atoms with E-state index in [0.717, 1.165) is 0 Å². The maximum absolute atomic E-state index is 12.3. The third-order valence-electron chi connectivity index (χ3n) is 3.10. The average Bonchev–Trinajstić information content (AvgIpc) is 2.51. The molecule has 1 aliphatic heterocycles. The number of ether oxygens (including phenoxy) is 3. The van der Waals surface area contributed by atoms with Crippen LogP contribution in [0.1, 0.15) is 13.8 Å². The summed E-state index contributed by atoms with van der Waals surface area (Å²) in [7, 11) is 0. The van der Waals surface area contributed by atoms with Gasteiger partial charge in [0.25, 0.3) is 0 Å². The molecule has 1 saturated heterocycles. The van der Waals surface area contributed by atoms with Crippen LogP contribution in [0.2, 0.25) is 0 Å². The molecule has 1 aliphatic rings. The Balaban J connectivity index is 2.11. The van der Waals surface area contributed by atoms with Gasteiger partial charge >= 0.3 is 6.03 Å². The molecule has 1 N–H and O–H groups in total. The SMILES string of the molecule is CCOc1ccc(OCC)c(NC(=O)N2CCOCC2)c1. The quantitative estimate of drug-likeness (QED) is 0.905. The molecule has 1 aromatic carbocycles. The van der Waals surface area contributed by atoms with Crippen LogP contribution in [0.4, 0.5) is 10.5 Å². The molecule has 0 aliphatic carbocycles. The molecule has 116 valence electrons. The first-order chi connectivity index (χ1) is 10.2. The van der Waals surface area contributed by atoms with Gasteiger partial charge in [-0.1, -0.05) is 0 Å². The van der Waals surface area contributed by atoms with E-state index in [2.05, 4.69) is 5.32 Å². The van der Waals surface area contributed by atoms with Crippen molar-refractivity contribution in [2.75, 3.05) is 44.8 Å². The number of benzene rings is 1. The molecule has 0 bridgehead atoms. The monoisotopic (exact) mass is 294 g/mol. The Morgan fingerprint density at radius 2 is 1.95 bits per heavy atom. The molecule has 2 rings (SSSR count). The highest BCUT2D eigenvalue weighted by molar-refractivity contribution is 5.91. The van der Waals surface area contributed by atoms with Gasteiger partial charge in [-0.05, 0) is 26.0 Å². The molecule has 0 atom stereocenters. The Kier molecular flexibility index (Phi) is 5.68. The zero-order valence-corrected chi connectivity index (χ0v) is 12.6. The van der Waals surface area contributed by atoms with Gasteiger partial charge in [-0.15, -0.1) is 0 Å². The molecule has 0 saturated carbocycles. The van der Waals surface area contributed by atoms with Gasteiger partial charge in [0.2, 0.25) is 0 Å². The number of urea groups is 1. The van der Waals surface area contributed by atoms with Gasteiger partial charge in [-0.3, -0.25) is 0 Å². The lowest BCUT2D eigenvalue weighted by atomic mass is 10.2. The standard InChI is InChI=1S/C15H22N2O4/c1-3-20-12-5-6-14(21-4-2)13(11-12)16-15(18)17-7-9-19-10-8-17/h5-6,11H,3-4,7-10H2,1-2H3,(H,16,18). The summed E-state index contributed by atoms with van der Waals surface area (Å²) >= 11 is 0. The summed E-state index contributed by atoms with van der Waals surface area (Å²) in [5.41, 5.74) is 0.624. The average molecular weight is 294 g/mol. The second-order valence-electron chi connectivity index (χ2n) is 4.55. The van der Waals surface area contributed by atoms with Crippen molar-refractivity contribution in [3.05, 3.63) is 18.2 Å². The number of nitrogens with zero attached hydrogens (tertiary/aromatic N) is 1. The minimum absolute atomic E-state index is 0.145. The fraction of sp³-hybridized carbons (Fsp3) is 0.533. The van der Waals surface area contributed by atoms with Crippen molar-refractivity contribution in [3.63, 3.8) is 0 Å². The zero-order chi connectivity index (χ0) is 15.1. The summed E-state index contributed by atoms with van der Waals surface area (Å²) < 4.78 is 16.3. The molecule has 6 heteroatoms. The van der Waals surface area contributed by atoms with Crippen molar-refractivity contribution in [1.82, 2.24) is 4.90 Å². The topological polar surface area (TPSA) is 60.0 Å². The smallest absolute Gasteiger partial charge is 0.322 e. The predicted molar refractivity (Wildman–Crippen MR) is 80.2 cm³/mol. The lowest BCUT2D eigenvalue weighted by Gasteiger charge is -2.27. The molecule has 0 aromatic heterocycles. The molecular weight excluding hydrogens is 272 g/mol. The molecule has 0 unspecified atom stereocenters. The van der Waals surface area contributed by atoms with Crippen LogP contribution in [0.5, 0.6) is 11.5 Å². The molecule has 0 radical (unpaired) electrons. The lowest BCUT2D eigenvalue weighted by molar-refractivity contribution is 0.0564. The number of nitrogens with one attached hydrogen (secondary N) is 1. The zero-order valence-electron chi connectivity index (χ0n) is 12.6. The van der Waals surface area contributed by atoms with Crippen LogP contribution in [-0.4, -0.2) is 50.4 Å². The van der Waals surface area contributed by atoms with E-state index in [-0.39, 0.29) is 6.03 Å². The van der Waals surface area contributed by atoms with Gasteiger partial charge in [0.1, 0.15) is 11.5 Å². The first kappa shape index (κ1) is 15.4. The summed E-state index contributed by atoms with van der Waals surface area (Å²) in [6.45, 7) is 7.28. The van der Waals surface area contributed by atoms with Crippen molar-refractivity contribution >= 4 is 11.7 Å². The number of hydrogen-bond donors (Lipinski definition) is 1. The molecule has 2 amide bonds. The van der Waals surface area contributed by atoms with Gasteiger partial charge in [-0.2, -0.15) is 0 Å². The summed E-state index contributed by atoms with van der Waals surface area (Å²) in [5, 5.41) is 2.89. The maximum Gasteiger partial charge on any atom is 0.322 e. The van der Waals surface area contributed by atoms with Crippen LogP contribution in [0, 0.1) is 0 Å². The van der Waals surface area contributed by atoms with Crippen LogP contribution >= 0.6 is 0 Å². The Morgan fingerprint density at radius 1 is 1.24 bits per heavy atom. The first-order valence-electron chi connectivity index (χ1n) is 7.28. The van der Waals surface area contributed by atoms with E-state index in [0.29, 0.717) is 56.7 Å². The van der Waals surface area contributed by atoms with E-state index in [1.807, 2.05) is 26.0 Å². The van der Waals surface area contributed by atoms with E-state index in [4.69, 9.17) is 14.2 Å². The molecule has 6 nitrogen and oxygen atoms in total. The largest absolute Gasteiger partial charge is 0.494 e. The van der Waals surface area contributed by atoms with Crippen molar-refractivity contribution in [2.45, 2.75) is 13.8 Å². The lowest BCUT2D eigenvalue weighted by Crippen LogP contribution is -2.43. The van der Waals surface area contributed by atoms with Crippen LogP contribution in [0.25, 0.3) is 0 Å². The second-order valence-corrected chi connectivity index (χ2v) is 4.55. The molecule has 1 heterocycles. The van der Waals surface area contributed by atoms with E-state index in [9.17, 15) is 4.79 Å². The summed E-state index contributed by atoms with van der Waals surface area (Å²) in [6.07, 6.45) is 0. The summed E-state index contributed by atoms with van der Waals surface area (Å²) in [6, 6.07) is 5.28. The Hall–Kier alpha value is -1.95. The van der Waals surface area contributed by atoms with Crippen molar-refractivity contribution < 1.29 is 19.0 Å². The maximum atomic E-state index is 12.3. The highest BCUT2D eigenvalue weighted by atomic mass is 16.5. The number of hydrogen-bond acceptors (Lipinski definition) is 4. The van der Waals surface area contributed by atoms with E-state index in [1.165, 1.54) is 0 Å². The second kappa shape index (κ2) is 7.73. The van der Waals surface area contributed by atoms with Crippen LogP contribution < -0.4 is 14.8 Å². The fourth-order valence-electron chi connectivity index (χ4n) is 2.11. The van der Waals surface area contributed by atoms with Crippen molar-refractivity contribution in [2.24, 2.45) is 0 Å².